The molecule has 1 unspecified atom stereocenters. The van der Waals surface area contributed by atoms with Crippen LogP contribution >= 0.6 is 0 Å². The van der Waals surface area contributed by atoms with Crippen molar-refractivity contribution in [2.75, 3.05) is 6.54 Å². The first-order valence-corrected chi connectivity index (χ1v) is 8.07. The lowest BCUT2D eigenvalue weighted by Crippen LogP contribution is -2.39. The molecule has 20 heavy (non-hydrogen) atoms. The lowest BCUT2D eigenvalue weighted by Gasteiger charge is -2.26. The van der Waals surface area contributed by atoms with Crippen molar-refractivity contribution in [3.63, 3.8) is 0 Å². The molecule has 0 saturated heterocycles. The van der Waals surface area contributed by atoms with Crippen molar-refractivity contribution in [2.45, 2.75) is 66.3 Å². The lowest BCUT2D eigenvalue weighted by atomic mass is 9.89. The maximum absolute atomic E-state index is 3.69. The molecule has 0 radical (unpaired) electrons. The van der Waals surface area contributed by atoms with Gasteiger partial charge in [-0.1, -0.05) is 44.5 Å². The number of aryl methyl sites for hydroxylation is 1. The molecule has 1 aromatic carbocycles. The third-order valence-corrected chi connectivity index (χ3v) is 3.84. The number of rotatable bonds is 7. The van der Waals surface area contributed by atoms with Crippen LogP contribution in [0.3, 0.4) is 0 Å². The molecule has 1 rings (SSSR count). The minimum absolute atomic E-state index is 0.210. The molecule has 0 amide bonds. The highest BCUT2D eigenvalue weighted by Gasteiger charge is 2.16. The molecule has 1 aromatic rings. The predicted molar refractivity (Wildman–Crippen MR) is 90.2 cm³/mol. The monoisotopic (exact) mass is 275 g/mol. The zero-order valence-corrected chi connectivity index (χ0v) is 14.3. The van der Waals surface area contributed by atoms with Gasteiger partial charge in [-0.25, -0.2) is 0 Å². The molecule has 1 atom stereocenters. The minimum Gasteiger partial charge on any atom is -0.312 e. The van der Waals surface area contributed by atoms with E-state index < -0.39 is 0 Å². The second kappa shape index (κ2) is 7.83. The van der Waals surface area contributed by atoms with Gasteiger partial charge in [0.1, 0.15) is 0 Å². The average Bonchev–Trinajstić information content (AvgIpc) is 2.34. The molecule has 0 aliphatic rings. The standard InChI is InChI=1S/C19H33N/c1-15(2)11-12-17(14-20-19(4,5)6)13-18-10-8-7-9-16(18)3/h7-10,15,17,20H,11-14H2,1-6H3. The van der Waals surface area contributed by atoms with E-state index in [1.807, 2.05) is 0 Å². The SMILES string of the molecule is Cc1ccccc1CC(CCC(C)C)CNC(C)(C)C. The maximum Gasteiger partial charge on any atom is 0.00966 e. The summed E-state index contributed by atoms with van der Waals surface area (Å²) in [6.07, 6.45) is 3.83. The van der Waals surface area contributed by atoms with Crippen LogP contribution in [0.4, 0.5) is 0 Å². The Balaban J connectivity index is 2.64. The highest BCUT2D eigenvalue weighted by Crippen LogP contribution is 2.20. The van der Waals surface area contributed by atoms with E-state index in [1.165, 1.54) is 30.4 Å². The molecule has 114 valence electrons. The van der Waals surface area contributed by atoms with Crippen molar-refractivity contribution < 1.29 is 0 Å². The largest absolute Gasteiger partial charge is 0.312 e. The highest BCUT2D eigenvalue weighted by molar-refractivity contribution is 5.25. The van der Waals surface area contributed by atoms with Crippen molar-refractivity contribution in [2.24, 2.45) is 11.8 Å². The average molecular weight is 275 g/mol. The van der Waals surface area contributed by atoms with Crippen molar-refractivity contribution in [3.8, 4) is 0 Å². The van der Waals surface area contributed by atoms with Gasteiger partial charge in [-0.15, -0.1) is 0 Å². The molecular weight excluding hydrogens is 242 g/mol. The van der Waals surface area contributed by atoms with E-state index in [2.05, 4.69) is 71.1 Å². The van der Waals surface area contributed by atoms with Crippen molar-refractivity contribution in [1.29, 1.82) is 0 Å². The fourth-order valence-corrected chi connectivity index (χ4v) is 2.45. The van der Waals surface area contributed by atoms with Crippen LogP contribution in [-0.2, 0) is 6.42 Å². The van der Waals surface area contributed by atoms with Gasteiger partial charge < -0.3 is 5.32 Å². The van der Waals surface area contributed by atoms with Crippen molar-refractivity contribution >= 4 is 0 Å². The second-order valence-electron chi connectivity index (χ2n) is 7.60. The molecule has 0 aliphatic carbocycles. The summed E-state index contributed by atoms with van der Waals surface area (Å²) in [4.78, 5) is 0. The van der Waals surface area contributed by atoms with Gasteiger partial charge in [-0.2, -0.15) is 0 Å². The molecule has 1 N–H and O–H groups in total. The Labute approximate surface area is 126 Å². The van der Waals surface area contributed by atoms with E-state index in [-0.39, 0.29) is 5.54 Å². The summed E-state index contributed by atoms with van der Waals surface area (Å²) in [5.74, 6) is 1.53. The van der Waals surface area contributed by atoms with E-state index in [9.17, 15) is 0 Å². The van der Waals surface area contributed by atoms with E-state index in [0.29, 0.717) is 0 Å². The molecule has 0 heterocycles. The van der Waals surface area contributed by atoms with Crippen molar-refractivity contribution in [3.05, 3.63) is 35.4 Å². The zero-order valence-electron chi connectivity index (χ0n) is 14.3. The van der Waals surface area contributed by atoms with E-state index in [4.69, 9.17) is 0 Å². The first-order chi connectivity index (χ1) is 9.28. The molecule has 0 aromatic heterocycles. The van der Waals surface area contributed by atoms with Crippen LogP contribution in [0.1, 0.15) is 58.6 Å². The molecule has 0 aliphatic heterocycles. The minimum atomic E-state index is 0.210. The van der Waals surface area contributed by atoms with Crippen LogP contribution in [0.15, 0.2) is 24.3 Å². The van der Waals surface area contributed by atoms with Gasteiger partial charge in [0.2, 0.25) is 0 Å². The molecule has 1 heteroatoms. The Morgan fingerprint density at radius 3 is 2.25 bits per heavy atom. The summed E-state index contributed by atoms with van der Waals surface area (Å²) in [5, 5.41) is 3.69. The van der Waals surface area contributed by atoms with Crippen LogP contribution in [0.5, 0.6) is 0 Å². The van der Waals surface area contributed by atoms with Gasteiger partial charge in [0.15, 0.2) is 0 Å². The second-order valence-corrected chi connectivity index (χ2v) is 7.60. The summed E-state index contributed by atoms with van der Waals surface area (Å²) < 4.78 is 0. The number of nitrogens with one attached hydrogen (secondary N) is 1. The van der Waals surface area contributed by atoms with Crippen LogP contribution in [-0.4, -0.2) is 12.1 Å². The van der Waals surface area contributed by atoms with Crippen molar-refractivity contribution in [1.82, 2.24) is 5.32 Å². The first-order valence-electron chi connectivity index (χ1n) is 8.07. The predicted octanol–water partition coefficient (Wildman–Crippen LogP) is 4.98. The summed E-state index contributed by atoms with van der Waals surface area (Å²) in [5.41, 5.74) is 3.15. The lowest BCUT2D eigenvalue weighted by molar-refractivity contribution is 0.340. The van der Waals surface area contributed by atoms with Gasteiger partial charge in [0.05, 0.1) is 0 Å². The number of benzene rings is 1. The van der Waals surface area contributed by atoms with Crippen LogP contribution in [0.25, 0.3) is 0 Å². The van der Waals surface area contributed by atoms with Gasteiger partial charge in [-0.3, -0.25) is 0 Å². The Morgan fingerprint density at radius 1 is 1.05 bits per heavy atom. The first kappa shape index (κ1) is 17.2. The van der Waals surface area contributed by atoms with E-state index in [0.717, 1.165) is 18.4 Å². The van der Waals surface area contributed by atoms with Crippen LogP contribution in [0, 0.1) is 18.8 Å². The Kier molecular flexibility index (Phi) is 6.75. The number of hydrogen-bond donors (Lipinski definition) is 1. The Hall–Kier alpha value is -0.820. The molecule has 0 saturated carbocycles. The molecule has 0 spiro atoms. The van der Waals surface area contributed by atoms with Crippen LogP contribution in [0.2, 0.25) is 0 Å². The fraction of sp³-hybridized carbons (Fsp3) is 0.684. The van der Waals surface area contributed by atoms with E-state index >= 15 is 0 Å². The van der Waals surface area contributed by atoms with Gasteiger partial charge in [0, 0.05) is 5.54 Å². The zero-order chi connectivity index (χ0) is 15.2. The smallest absolute Gasteiger partial charge is 0.00966 e. The van der Waals surface area contributed by atoms with E-state index in [1.54, 1.807) is 0 Å². The Morgan fingerprint density at radius 2 is 1.70 bits per heavy atom. The number of hydrogen-bond acceptors (Lipinski definition) is 1. The molecule has 1 nitrogen and oxygen atoms in total. The van der Waals surface area contributed by atoms with Gasteiger partial charge in [0.25, 0.3) is 0 Å². The summed E-state index contributed by atoms with van der Waals surface area (Å²) in [6.45, 7) is 14.7. The maximum atomic E-state index is 3.69. The molecule has 0 fully saturated rings. The normalized spacial score (nSPS) is 13.8. The quantitative estimate of drug-likeness (QED) is 0.740. The summed E-state index contributed by atoms with van der Waals surface area (Å²) >= 11 is 0. The third kappa shape index (κ3) is 7.09. The molecular formula is C19H33N. The third-order valence-electron chi connectivity index (χ3n) is 3.84. The van der Waals surface area contributed by atoms with Crippen LogP contribution < -0.4 is 5.32 Å². The highest BCUT2D eigenvalue weighted by atomic mass is 14.9. The summed E-state index contributed by atoms with van der Waals surface area (Å²) in [6, 6.07) is 8.81. The Bertz CT molecular complexity index is 387. The van der Waals surface area contributed by atoms with Gasteiger partial charge in [-0.05, 0) is 70.0 Å². The topological polar surface area (TPSA) is 12.0 Å². The van der Waals surface area contributed by atoms with Gasteiger partial charge >= 0.3 is 0 Å². The summed E-state index contributed by atoms with van der Waals surface area (Å²) in [7, 11) is 0. The molecule has 0 bridgehead atoms. The fourth-order valence-electron chi connectivity index (χ4n) is 2.45.